The summed E-state index contributed by atoms with van der Waals surface area (Å²) in [6.07, 6.45) is 0.914. The monoisotopic (exact) mass is 241 g/mol. The maximum atomic E-state index is 11.9. The molecule has 0 bridgehead atoms. The number of carbonyl (C=O) groups is 1. The summed E-state index contributed by atoms with van der Waals surface area (Å²) in [6.45, 7) is 4.57. The number of aromatic nitrogens is 1. The zero-order chi connectivity index (χ0) is 12.1. The molecule has 2 atom stereocenters. The van der Waals surface area contributed by atoms with Crippen molar-refractivity contribution in [3.05, 3.63) is 16.6 Å². The molecule has 1 aromatic heterocycles. The number of carbonyl (C=O) groups excluding carboxylic acids is 1. The van der Waals surface area contributed by atoms with Gasteiger partial charge < -0.3 is 10.6 Å². The molecule has 0 aliphatic rings. The first-order valence-corrected chi connectivity index (χ1v) is 6.38. The Morgan fingerprint density at radius 3 is 2.88 bits per heavy atom. The number of likely N-dealkylation sites (N-methyl/N-ethyl adjacent to an activating group) is 1. The number of amides is 1. The number of thiazole rings is 1. The van der Waals surface area contributed by atoms with E-state index < -0.39 is 6.04 Å². The van der Waals surface area contributed by atoms with Gasteiger partial charge in [0.2, 0.25) is 5.91 Å². The number of rotatable bonds is 5. The molecular formula is C11H19N3OS. The molecule has 1 heterocycles. The highest BCUT2D eigenvalue weighted by molar-refractivity contribution is 7.07. The van der Waals surface area contributed by atoms with E-state index in [0.29, 0.717) is 6.54 Å². The first-order chi connectivity index (χ1) is 7.56. The Balaban J connectivity index is 2.53. The minimum Gasteiger partial charge on any atom is -0.338 e. The summed E-state index contributed by atoms with van der Waals surface area (Å²) in [5, 5.41) is 1.94. The third kappa shape index (κ3) is 3.28. The van der Waals surface area contributed by atoms with Crippen molar-refractivity contribution in [2.45, 2.75) is 32.9 Å². The summed E-state index contributed by atoms with van der Waals surface area (Å²) < 4.78 is 0. The fraction of sp³-hybridized carbons (Fsp3) is 0.636. The van der Waals surface area contributed by atoms with Crippen LogP contribution < -0.4 is 5.73 Å². The summed E-state index contributed by atoms with van der Waals surface area (Å²) in [4.78, 5) is 17.7. The minimum absolute atomic E-state index is 0.0117. The second-order valence-corrected chi connectivity index (χ2v) is 4.80. The molecule has 90 valence electrons. The molecule has 1 amide bonds. The summed E-state index contributed by atoms with van der Waals surface area (Å²) in [7, 11) is 1.77. The van der Waals surface area contributed by atoms with Gasteiger partial charge in [0.05, 0.1) is 23.8 Å². The number of hydrogen-bond donors (Lipinski definition) is 1. The van der Waals surface area contributed by atoms with Crippen LogP contribution in [0.1, 0.15) is 26.0 Å². The Hall–Kier alpha value is -0.940. The zero-order valence-electron chi connectivity index (χ0n) is 10.0. The number of nitrogens with two attached hydrogens (primary N) is 1. The quantitative estimate of drug-likeness (QED) is 0.849. The van der Waals surface area contributed by atoms with E-state index in [1.807, 2.05) is 19.2 Å². The minimum atomic E-state index is -0.409. The van der Waals surface area contributed by atoms with Crippen LogP contribution in [-0.2, 0) is 11.3 Å². The van der Waals surface area contributed by atoms with E-state index in [9.17, 15) is 4.79 Å². The molecule has 0 aliphatic carbocycles. The first kappa shape index (κ1) is 13.1. The van der Waals surface area contributed by atoms with E-state index in [4.69, 9.17) is 5.73 Å². The Bertz CT molecular complexity index is 326. The van der Waals surface area contributed by atoms with Crippen LogP contribution in [0.15, 0.2) is 10.9 Å². The third-order valence-electron chi connectivity index (χ3n) is 2.80. The lowest BCUT2D eigenvalue weighted by Crippen LogP contribution is -2.45. The molecule has 4 nitrogen and oxygen atoms in total. The van der Waals surface area contributed by atoms with Crippen molar-refractivity contribution in [2.75, 3.05) is 7.05 Å². The van der Waals surface area contributed by atoms with Gasteiger partial charge in [-0.15, -0.1) is 11.3 Å². The first-order valence-electron chi connectivity index (χ1n) is 5.43. The fourth-order valence-corrected chi connectivity index (χ4v) is 1.94. The van der Waals surface area contributed by atoms with Crippen LogP contribution in [0.25, 0.3) is 0 Å². The topological polar surface area (TPSA) is 59.2 Å². The van der Waals surface area contributed by atoms with Gasteiger partial charge in [-0.3, -0.25) is 4.79 Å². The highest BCUT2D eigenvalue weighted by atomic mass is 32.1. The van der Waals surface area contributed by atoms with Crippen molar-refractivity contribution in [2.24, 2.45) is 11.7 Å². The summed E-state index contributed by atoms with van der Waals surface area (Å²) in [5.74, 6) is 0.202. The second kappa shape index (κ2) is 5.96. The van der Waals surface area contributed by atoms with Crippen molar-refractivity contribution in [1.82, 2.24) is 9.88 Å². The molecule has 0 spiro atoms. The van der Waals surface area contributed by atoms with Gasteiger partial charge in [-0.2, -0.15) is 0 Å². The lowest BCUT2D eigenvalue weighted by molar-refractivity contribution is -0.133. The lowest BCUT2D eigenvalue weighted by Gasteiger charge is -2.23. The molecule has 0 radical (unpaired) electrons. The van der Waals surface area contributed by atoms with E-state index in [-0.39, 0.29) is 11.8 Å². The van der Waals surface area contributed by atoms with Crippen LogP contribution >= 0.6 is 11.3 Å². The Kier molecular flexibility index (Phi) is 4.89. The predicted molar refractivity (Wildman–Crippen MR) is 66.0 cm³/mol. The molecule has 0 fully saturated rings. The average Bonchev–Trinajstić information content (AvgIpc) is 2.78. The normalized spacial score (nSPS) is 14.5. The van der Waals surface area contributed by atoms with Crippen LogP contribution in [0.4, 0.5) is 0 Å². The van der Waals surface area contributed by atoms with Crippen LogP contribution in [0, 0.1) is 5.92 Å². The molecule has 0 saturated carbocycles. The van der Waals surface area contributed by atoms with Gasteiger partial charge >= 0.3 is 0 Å². The predicted octanol–water partition coefficient (Wildman–Crippen LogP) is 1.47. The summed E-state index contributed by atoms with van der Waals surface area (Å²) >= 11 is 1.53. The molecule has 2 unspecified atom stereocenters. The van der Waals surface area contributed by atoms with Crippen molar-refractivity contribution in [3.63, 3.8) is 0 Å². The van der Waals surface area contributed by atoms with Gasteiger partial charge in [-0.25, -0.2) is 4.98 Å². The van der Waals surface area contributed by atoms with Gasteiger partial charge in [-0.1, -0.05) is 20.3 Å². The van der Waals surface area contributed by atoms with Gasteiger partial charge in [0.25, 0.3) is 0 Å². The molecule has 2 N–H and O–H groups in total. The van der Waals surface area contributed by atoms with Gasteiger partial charge in [0.1, 0.15) is 0 Å². The SMILES string of the molecule is CCC(C)C(N)C(=O)N(C)Cc1cscn1. The summed E-state index contributed by atoms with van der Waals surface area (Å²) in [5.41, 5.74) is 8.57. The van der Waals surface area contributed by atoms with E-state index in [1.54, 1.807) is 17.5 Å². The summed E-state index contributed by atoms with van der Waals surface area (Å²) in [6, 6.07) is -0.409. The van der Waals surface area contributed by atoms with E-state index in [0.717, 1.165) is 12.1 Å². The fourth-order valence-electron chi connectivity index (χ4n) is 1.39. The molecule has 1 rings (SSSR count). The highest BCUT2D eigenvalue weighted by Gasteiger charge is 2.22. The maximum Gasteiger partial charge on any atom is 0.239 e. The van der Waals surface area contributed by atoms with E-state index >= 15 is 0 Å². The van der Waals surface area contributed by atoms with Crippen molar-refractivity contribution < 1.29 is 4.79 Å². The second-order valence-electron chi connectivity index (χ2n) is 4.09. The maximum absolute atomic E-state index is 11.9. The molecule has 0 aromatic carbocycles. The van der Waals surface area contributed by atoms with Crippen molar-refractivity contribution >= 4 is 17.2 Å². The van der Waals surface area contributed by atoms with Crippen molar-refractivity contribution in [1.29, 1.82) is 0 Å². The van der Waals surface area contributed by atoms with Gasteiger partial charge in [0.15, 0.2) is 0 Å². The van der Waals surface area contributed by atoms with Crippen LogP contribution in [-0.4, -0.2) is 28.9 Å². The smallest absolute Gasteiger partial charge is 0.239 e. The Morgan fingerprint density at radius 2 is 2.38 bits per heavy atom. The molecule has 16 heavy (non-hydrogen) atoms. The average molecular weight is 241 g/mol. The lowest BCUT2D eigenvalue weighted by atomic mass is 9.99. The largest absolute Gasteiger partial charge is 0.338 e. The van der Waals surface area contributed by atoms with Crippen LogP contribution in [0.3, 0.4) is 0 Å². The molecule has 0 aliphatic heterocycles. The molecular weight excluding hydrogens is 222 g/mol. The highest BCUT2D eigenvalue weighted by Crippen LogP contribution is 2.10. The third-order valence-corrected chi connectivity index (χ3v) is 3.44. The number of hydrogen-bond acceptors (Lipinski definition) is 4. The Morgan fingerprint density at radius 1 is 1.69 bits per heavy atom. The van der Waals surface area contributed by atoms with Crippen LogP contribution in [0.2, 0.25) is 0 Å². The molecule has 5 heteroatoms. The van der Waals surface area contributed by atoms with Crippen molar-refractivity contribution in [3.8, 4) is 0 Å². The standard InChI is InChI=1S/C11H19N3OS/c1-4-8(2)10(12)11(15)14(3)5-9-6-16-7-13-9/h6-8,10H,4-5,12H2,1-3H3. The van der Waals surface area contributed by atoms with E-state index in [1.165, 1.54) is 11.3 Å². The zero-order valence-corrected chi connectivity index (χ0v) is 10.8. The van der Waals surface area contributed by atoms with Crippen LogP contribution in [0.5, 0.6) is 0 Å². The van der Waals surface area contributed by atoms with Gasteiger partial charge in [0, 0.05) is 12.4 Å². The molecule has 0 saturated heterocycles. The number of nitrogens with zero attached hydrogens (tertiary/aromatic N) is 2. The molecule has 1 aromatic rings. The van der Waals surface area contributed by atoms with Gasteiger partial charge in [-0.05, 0) is 5.92 Å². The Labute approximate surface area is 100 Å². The van der Waals surface area contributed by atoms with E-state index in [2.05, 4.69) is 4.98 Å².